The standard InChI is InChI=1S/C19H25ClN4/c1-3-17-13(2)22-18(15-4-6-16(20)7-5-15)23-19(17)24-10-8-14(12-21)9-11-24/h4-7,14H,3,8-12,21H2,1-2H3. The zero-order valence-corrected chi connectivity index (χ0v) is 15.2. The average molecular weight is 345 g/mol. The molecule has 1 saturated heterocycles. The van der Waals surface area contributed by atoms with Crippen LogP contribution in [0.4, 0.5) is 5.82 Å². The Hall–Kier alpha value is -1.65. The number of rotatable bonds is 4. The van der Waals surface area contributed by atoms with Crippen molar-refractivity contribution in [2.24, 2.45) is 11.7 Å². The second-order valence-corrected chi connectivity index (χ2v) is 6.90. The van der Waals surface area contributed by atoms with Gasteiger partial charge in [-0.1, -0.05) is 18.5 Å². The third kappa shape index (κ3) is 3.55. The maximum Gasteiger partial charge on any atom is 0.161 e. The lowest BCUT2D eigenvalue weighted by atomic mass is 9.96. The molecule has 24 heavy (non-hydrogen) atoms. The van der Waals surface area contributed by atoms with Gasteiger partial charge in [-0.2, -0.15) is 0 Å². The minimum atomic E-state index is 0.644. The molecule has 1 aromatic carbocycles. The molecule has 2 N–H and O–H groups in total. The molecule has 1 aliphatic rings. The van der Waals surface area contributed by atoms with E-state index in [2.05, 4.69) is 18.7 Å². The van der Waals surface area contributed by atoms with Crippen LogP contribution in [0.25, 0.3) is 11.4 Å². The van der Waals surface area contributed by atoms with Crippen molar-refractivity contribution in [3.8, 4) is 11.4 Å². The van der Waals surface area contributed by atoms with Crippen molar-refractivity contribution in [1.82, 2.24) is 9.97 Å². The Kier molecular flexibility index (Phi) is 5.36. The van der Waals surface area contributed by atoms with Gasteiger partial charge in [0.25, 0.3) is 0 Å². The van der Waals surface area contributed by atoms with E-state index in [1.54, 1.807) is 0 Å². The number of hydrogen-bond acceptors (Lipinski definition) is 4. The molecule has 0 aliphatic carbocycles. The summed E-state index contributed by atoms with van der Waals surface area (Å²) in [5.41, 5.74) is 9.14. The predicted molar refractivity (Wildman–Crippen MR) is 101 cm³/mol. The van der Waals surface area contributed by atoms with Crippen LogP contribution in [0.2, 0.25) is 5.02 Å². The molecule has 3 rings (SSSR count). The normalized spacial score (nSPS) is 15.8. The van der Waals surface area contributed by atoms with Crippen LogP contribution in [0.3, 0.4) is 0 Å². The third-order valence-corrected chi connectivity index (χ3v) is 5.15. The fourth-order valence-electron chi connectivity index (χ4n) is 3.36. The molecule has 0 spiro atoms. The van der Waals surface area contributed by atoms with E-state index in [9.17, 15) is 0 Å². The van der Waals surface area contributed by atoms with Crippen LogP contribution in [0.5, 0.6) is 0 Å². The molecule has 128 valence electrons. The number of piperidine rings is 1. The number of anilines is 1. The van der Waals surface area contributed by atoms with Gasteiger partial charge in [0.15, 0.2) is 5.82 Å². The van der Waals surface area contributed by atoms with E-state index in [0.29, 0.717) is 5.92 Å². The highest BCUT2D eigenvalue weighted by Gasteiger charge is 2.22. The molecule has 0 amide bonds. The topological polar surface area (TPSA) is 55.0 Å². The summed E-state index contributed by atoms with van der Waals surface area (Å²) in [7, 11) is 0. The molecular weight excluding hydrogens is 320 g/mol. The van der Waals surface area contributed by atoms with Gasteiger partial charge in [-0.15, -0.1) is 0 Å². The second kappa shape index (κ2) is 7.49. The number of aromatic nitrogens is 2. The fraction of sp³-hybridized carbons (Fsp3) is 0.474. The van der Waals surface area contributed by atoms with Gasteiger partial charge in [0.1, 0.15) is 5.82 Å². The Labute approximate surface area is 149 Å². The summed E-state index contributed by atoms with van der Waals surface area (Å²) in [6.07, 6.45) is 3.22. The monoisotopic (exact) mass is 344 g/mol. The maximum atomic E-state index is 6.00. The van der Waals surface area contributed by atoms with Crippen molar-refractivity contribution >= 4 is 17.4 Å². The average Bonchev–Trinajstić information content (AvgIpc) is 2.61. The van der Waals surface area contributed by atoms with Crippen LogP contribution < -0.4 is 10.6 Å². The minimum Gasteiger partial charge on any atom is -0.356 e. The Bertz CT molecular complexity index is 691. The lowest BCUT2D eigenvalue weighted by Crippen LogP contribution is -2.37. The molecule has 1 fully saturated rings. The summed E-state index contributed by atoms with van der Waals surface area (Å²) in [6.45, 7) is 7.07. The van der Waals surface area contributed by atoms with Crippen molar-refractivity contribution in [1.29, 1.82) is 0 Å². The van der Waals surface area contributed by atoms with Crippen LogP contribution in [0.15, 0.2) is 24.3 Å². The largest absolute Gasteiger partial charge is 0.356 e. The highest BCUT2D eigenvalue weighted by atomic mass is 35.5. The van der Waals surface area contributed by atoms with E-state index in [1.807, 2.05) is 24.3 Å². The Morgan fingerprint density at radius 2 is 1.83 bits per heavy atom. The zero-order chi connectivity index (χ0) is 17.1. The number of nitrogens with zero attached hydrogens (tertiary/aromatic N) is 3. The van der Waals surface area contributed by atoms with Crippen molar-refractivity contribution < 1.29 is 0 Å². The molecule has 1 aliphatic heterocycles. The van der Waals surface area contributed by atoms with Crippen LogP contribution in [-0.2, 0) is 6.42 Å². The predicted octanol–water partition coefficient (Wildman–Crippen LogP) is 3.84. The number of benzene rings is 1. The Morgan fingerprint density at radius 1 is 1.17 bits per heavy atom. The highest BCUT2D eigenvalue weighted by Crippen LogP contribution is 2.29. The van der Waals surface area contributed by atoms with Gasteiger partial charge >= 0.3 is 0 Å². The van der Waals surface area contributed by atoms with Crippen LogP contribution in [-0.4, -0.2) is 29.6 Å². The zero-order valence-electron chi connectivity index (χ0n) is 14.4. The van der Waals surface area contributed by atoms with Crippen molar-refractivity contribution in [3.63, 3.8) is 0 Å². The van der Waals surface area contributed by atoms with Gasteiger partial charge < -0.3 is 10.6 Å². The smallest absolute Gasteiger partial charge is 0.161 e. The Balaban J connectivity index is 1.96. The van der Waals surface area contributed by atoms with E-state index < -0.39 is 0 Å². The minimum absolute atomic E-state index is 0.644. The first-order chi connectivity index (χ1) is 11.6. The molecule has 1 aromatic heterocycles. The number of nitrogens with two attached hydrogens (primary N) is 1. The summed E-state index contributed by atoms with van der Waals surface area (Å²) in [5, 5.41) is 0.727. The van der Waals surface area contributed by atoms with Gasteiger partial charge in [0, 0.05) is 34.9 Å². The van der Waals surface area contributed by atoms with E-state index in [4.69, 9.17) is 27.3 Å². The van der Waals surface area contributed by atoms with Crippen molar-refractivity contribution in [2.75, 3.05) is 24.5 Å². The molecule has 2 heterocycles. The lowest BCUT2D eigenvalue weighted by molar-refractivity contribution is 0.412. The molecule has 0 radical (unpaired) electrons. The molecule has 4 nitrogen and oxygen atoms in total. The summed E-state index contributed by atoms with van der Waals surface area (Å²) in [6, 6.07) is 7.73. The summed E-state index contributed by atoms with van der Waals surface area (Å²) in [4.78, 5) is 12.1. The quantitative estimate of drug-likeness (QED) is 0.915. The highest BCUT2D eigenvalue weighted by molar-refractivity contribution is 6.30. The lowest BCUT2D eigenvalue weighted by Gasteiger charge is -2.33. The molecule has 0 atom stereocenters. The summed E-state index contributed by atoms with van der Waals surface area (Å²) >= 11 is 6.00. The van der Waals surface area contributed by atoms with E-state index in [-0.39, 0.29) is 0 Å². The Morgan fingerprint density at radius 3 is 2.42 bits per heavy atom. The van der Waals surface area contributed by atoms with Crippen LogP contribution in [0, 0.1) is 12.8 Å². The molecule has 0 bridgehead atoms. The van der Waals surface area contributed by atoms with Crippen LogP contribution in [0.1, 0.15) is 31.0 Å². The van der Waals surface area contributed by atoms with E-state index in [0.717, 1.165) is 66.8 Å². The van der Waals surface area contributed by atoms with Crippen molar-refractivity contribution in [2.45, 2.75) is 33.1 Å². The first-order valence-electron chi connectivity index (χ1n) is 8.70. The van der Waals surface area contributed by atoms with E-state index in [1.165, 1.54) is 5.56 Å². The van der Waals surface area contributed by atoms with Gasteiger partial charge in [0.2, 0.25) is 0 Å². The SMILES string of the molecule is CCc1c(C)nc(-c2ccc(Cl)cc2)nc1N1CCC(CN)CC1. The van der Waals surface area contributed by atoms with Gasteiger partial charge in [0.05, 0.1) is 0 Å². The molecule has 5 heteroatoms. The molecular formula is C19H25ClN4. The van der Waals surface area contributed by atoms with Crippen molar-refractivity contribution in [3.05, 3.63) is 40.5 Å². The van der Waals surface area contributed by atoms with E-state index >= 15 is 0 Å². The number of halogens is 1. The summed E-state index contributed by atoms with van der Waals surface area (Å²) < 4.78 is 0. The molecule has 0 unspecified atom stereocenters. The molecule has 2 aromatic rings. The maximum absolute atomic E-state index is 6.00. The number of hydrogen-bond donors (Lipinski definition) is 1. The summed E-state index contributed by atoms with van der Waals surface area (Å²) in [5.74, 6) is 2.51. The van der Waals surface area contributed by atoms with Gasteiger partial charge in [-0.05, 0) is 62.9 Å². The second-order valence-electron chi connectivity index (χ2n) is 6.46. The van der Waals surface area contributed by atoms with Gasteiger partial charge in [-0.3, -0.25) is 0 Å². The first-order valence-corrected chi connectivity index (χ1v) is 9.08. The fourth-order valence-corrected chi connectivity index (χ4v) is 3.49. The first kappa shape index (κ1) is 17.2. The molecule has 0 saturated carbocycles. The van der Waals surface area contributed by atoms with Gasteiger partial charge in [-0.25, -0.2) is 9.97 Å². The van der Waals surface area contributed by atoms with Crippen LogP contribution >= 0.6 is 11.6 Å². The third-order valence-electron chi connectivity index (χ3n) is 4.90. The number of aryl methyl sites for hydroxylation is 1.